The van der Waals surface area contributed by atoms with Gasteiger partial charge in [-0.05, 0) is 6.07 Å². The lowest BCUT2D eigenvalue weighted by atomic mass is 9.91. The molecule has 0 saturated carbocycles. The number of carbonyl (C=O) groups excluding carboxylic acids is 1. The van der Waals surface area contributed by atoms with E-state index in [1.807, 2.05) is 17.4 Å². The molecule has 1 amide bonds. The van der Waals surface area contributed by atoms with Gasteiger partial charge in [0.15, 0.2) is 0 Å². The molecule has 0 radical (unpaired) electrons. The lowest BCUT2D eigenvalue weighted by molar-refractivity contribution is -0.134. The summed E-state index contributed by atoms with van der Waals surface area (Å²) in [6.07, 6.45) is 3.70. The second-order valence-corrected chi connectivity index (χ2v) is 6.54. The van der Waals surface area contributed by atoms with Gasteiger partial charge in [-0.15, -0.1) is 0 Å². The molecule has 1 aliphatic heterocycles. The van der Waals surface area contributed by atoms with E-state index in [2.05, 4.69) is 41.4 Å². The maximum Gasteiger partial charge on any atom is 0.219 e. The van der Waals surface area contributed by atoms with Crippen molar-refractivity contribution in [2.45, 2.75) is 39.2 Å². The first-order chi connectivity index (χ1) is 9.36. The molecule has 0 aromatic carbocycles. The minimum atomic E-state index is 0.0221. The van der Waals surface area contributed by atoms with Crippen molar-refractivity contribution in [1.82, 2.24) is 19.4 Å². The molecule has 2 aromatic rings. The maximum atomic E-state index is 11.3. The third-order valence-electron chi connectivity index (χ3n) is 3.93. The van der Waals surface area contributed by atoms with Gasteiger partial charge in [-0.3, -0.25) is 9.78 Å². The van der Waals surface area contributed by atoms with Crippen LogP contribution in [0.1, 0.15) is 39.4 Å². The van der Waals surface area contributed by atoms with Crippen LogP contribution in [0.15, 0.2) is 18.6 Å². The Morgan fingerprint density at radius 3 is 2.60 bits per heavy atom. The third kappa shape index (κ3) is 2.07. The zero-order valence-electron chi connectivity index (χ0n) is 12.4. The highest BCUT2D eigenvalue weighted by molar-refractivity contribution is 5.76. The Hall–Kier alpha value is -1.91. The molecule has 0 spiro atoms. The van der Waals surface area contributed by atoms with Crippen molar-refractivity contribution in [2.75, 3.05) is 13.1 Å². The summed E-state index contributed by atoms with van der Waals surface area (Å²) in [5.41, 5.74) is 3.11. The number of nitrogens with zero attached hydrogens (tertiary/aromatic N) is 4. The van der Waals surface area contributed by atoms with E-state index in [9.17, 15) is 4.79 Å². The molecule has 1 fully saturated rings. The molecule has 0 bridgehead atoms. The molecule has 2 aromatic heterocycles. The van der Waals surface area contributed by atoms with E-state index in [1.165, 1.54) is 0 Å². The number of rotatable bonds is 1. The molecule has 1 saturated heterocycles. The van der Waals surface area contributed by atoms with Crippen molar-refractivity contribution in [3.05, 3.63) is 24.3 Å². The Balaban J connectivity index is 1.95. The van der Waals surface area contributed by atoms with Crippen LogP contribution in [0.2, 0.25) is 0 Å². The van der Waals surface area contributed by atoms with Crippen molar-refractivity contribution in [1.29, 1.82) is 0 Å². The summed E-state index contributed by atoms with van der Waals surface area (Å²) >= 11 is 0. The summed E-state index contributed by atoms with van der Waals surface area (Å²) in [7, 11) is 0. The first kappa shape index (κ1) is 13.1. The molecule has 106 valence electrons. The van der Waals surface area contributed by atoms with Crippen molar-refractivity contribution in [2.24, 2.45) is 0 Å². The number of carbonyl (C=O) groups is 1. The zero-order valence-corrected chi connectivity index (χ0v) is 12.4. The fourth-order valence-corrected chi connectivity index (χ4v) is 2.52. The maximum absolute atomic E-state index is 11.3. The molecule has 0 unspecified atom stereocenters. The summed E-state index contributed by atoms with van der Waals surface area (Å²) in [6, 6.07) is 2.46. The van der Waals surface area contributed by atoms with E-state index < -0.39 is 0 Å². The zero-order chi connectivity index (χ0) is 14.5. The van der Waals surface area contributed by atoms with Gasteiger partial charge in [0.05, 0.1) is 24.1 Å². The Labute approximate surface area is 118 Å². The molecule has 1 aliphatic rings. The lowest BCUT2D eigenvalue weighted by Gasteiger charge is -2.39. The molecule has 3 heterocycles. The lowest BCUT2D eigenvalue weighted by Crippen LogP contribution is -2.49. The van der Waals surface area contributed by atoms with Crippen LogP contribution < -0.4 is 0 Å². The standard InChI is InChI=1S/C15H20N4O/c1-10(20)18-7-11(8-18)19-9-17-12-6-16-14(5-13(12)19)15(2,3)4/h5-6,9,11H,7-8H2,1-4H3. The molecule has 0 atom stereocenters. The van der Waals surface area contributed by atoms with Crippen LogP contribution in [-0.2, 0) is 10.2 Å². The largest absolute Gasteiger partial charge is 0.339 e. The van der Waals surface area contributed by atoms with E-state index in [0.29, 0.717) is 6.04 Å². The van der Waals surface area contributed by atoms with Crippen LogP contribution in [0.3, 0.4) is 0 Å². The Kier molecular flexibility index (Phi) is 2.81. The van der Waals surface area contributed by atoms with Gasteiger partial charge in [0.2, 0.25) is 5.91 Å². The average Bonchev–Trinajstić information content (AvgIpc) is 2.68. The van der Waals surface area contributed by atoms with Crippen molar-refractivity contribution >= 4 is 16.9 Å². The van der Waals surface area contributed by atoms with E-state index in [0.717, 1.165) is 29.8 Å². The molecule has 5 heteroatoms. The quantitative estimate of drug-likeness (QED) is 0.799. The molecule has 0 N–H and O–H groups in total. The molecule has 5 nitrogen and oxygen atoms in total. The third-order valence-corrected chi connectivity index (χ3v) is 3.93. The summed E-state index contributed by atoms with van der Waals surface area (Å²) in [5.74, 6) is 0.141. The molecular weight excluding hydrogens is 252 g/mol. The first-order valence-electron chi connectivity index (χ1n) is 6.95. The van der Waals surface area contributed by atoms with Crippen molar-refractivity contribution in [3.63, 3.8) is 0 Å². The van der Waals surface area contributed by atoms with Gasteiger partial charge in [0, 0.05) is 31.1 Å². The van der Waals surface area contributed by atoms with Crippen molar-refractivity contribution < 1.29 is 4.79 Å². The number of hydrogen-bond donors (Lipinski definition) is 0. The topological polar surface area (TPSA) is 51.0 Å². The number of pyridine rings is 1. The molecular formula is C15H20N4O. The van der Waals surface area contributed by atoms with Gasteiger partial charge in [-0.1, -0.05) is 20.8 Å². The summed E-state index contributed by atoms with van der Waals surface area (Å²) < 4.78 is 2.17. The second kappa shape index (κ2) is 4.30. The monoisotopic (exact) mass is 272 g/mol. The van der Waals surface area contributed by atoms with E-state index in [-0.39, 0.29) is 11.3 Å². The highest BCUT2D eigenvalue weighted by Crippen LogP contribution is 2.28. The van der Waals surface area contributed by atoms with Crippen LogP contribution in [0, 0.1) is 0 Å². The summed E-state index contributed by atoms with van der Waals surface area (Å²) in [6.45, 7) is 9.62. The highest BCUT2D eigenvalue weighted by Gasteiger charge is 2.31. The van der Waals surface area contributed by atoms with Gasteiger partial charge in [0.1, 0.15) is 5.52 Å². The summed E-state index contributed by atoms with van der Waals surface area (Å²) in [4.78, 5) is 22.0. The second-order valence-electron chi connectivity index (χ2n) is 6.54. The summed E-state index contributed by atoms with van der Waals surface area (Å²) in [5, 5.41) is 0. The van der Waals surface area contributed by atoms with Gasteiger partial charge < -0.3 is 9.47 Å². The molecule has 3 rings (SSSR count). The molecule has 0 aliphatic carbocycles. The number of fused-ring (bicyclic) bond motifs is 1. The highest BCUT2D eigenvalue weighted by atomic mass is 16.2. The van der Waals surface area contributed by atoms with Gasteiger partial charge in [0.25, 0.3) is 0 Å². The molecule has 20 heavy (non-hydrogen) atoms. The van der Waals surface area contributed by atoms with E-state index in [4.69, 9.17) is 0 Å². The Bertz CT molecular complexity index is 662. The Morgan fingerprint density at radius 1 is 1.30 bits per heavy atom. The number of amides is 1. The van der Waals surface area contributed by atoms with Gasteiger partial charge in [-0.25, -0.2) is 4.98 Å². The fraction of sp³-hybridized carbons (Fsp3) is 0.533. The number of hydrogen-bond acceptors (Lipinski definition) is 3. The van der Waals surface area contributed by atoms with E-state index >= 15 is 0 Å². The van der Waals surface area contributed by atoms with Crippen LogP contribution in [0.5, 0.6) is 0 Å². The number of aromatic nitrogens is 3. The predicted molar refractivity (Wildman–Crippen MR) is 77.5 cm³/mol. The minimum absolute atomic E-state index is 0.0221. The SMILES string of the molecule is CC(=O)N1CC(n2cnc3cnc(C(C)(C)C)cc32)C1. The number of likely N-dealkylation sites (tertiary alicyclic amines) is 1. The van der Waals surface area contributed by atoms with Crippen LogP contribution in [-0.4, -0.2) is 38.4 Å². The fourth-order valence-electron chi connectivity index (χ4n) is 2.52. The smallest absolute Gasteiger partial charge is 0.219 e. The van der Waals surface area contributed by atoms with Gasteiger partial charge >= 0.3 is 0 Å². The van der Waals surface area contributed by atoms with Crippen LogP contribution in [0.25, 0.3) is 11.0 Å². The normalized spacial score (nSPS) is 16.5. The predicted octanol–water partition coefficient (Wildman–Crippen LogP) is 2.13. The minimum Gasteiger partial charge on any atom is -0.339 e. The van der Waals surface area contributed by atoms with Crippen LogP contribution in [0.4, 0.5) is 0 Å². The number of imidazole rings is 1. The first-order valence-corrected chi connectivity index (χ1v) is 6.95. The average molecular weight is 272 g/mol. The van der Waals surface area contributed by atoms with Crippen LogP contribution >= 0.6 is 0 Å². The van der Waals surface area contributed by atoms with Crippen molar-refractivity contribution in [3.8, 4) is 0 Å². The van der Waals surface area contributed by atoms with E-state index in [1.54, 1.807) is 6.92 Å². The Morgan fingerprint density at radius 2 is 2.00 bits per heavy atom. The van der Waals surface area contributed by atoms with Gasteiger partial charge in [-0.2, -0.15) is 0 Å².